The van der Waals surface area contributed by atoms with Crippen LogP contribution >= 0.6 is 22.6 Å². The lowest BCUT2D eigenvalue weighted by atomic mass is 9.48. The molecule has 5 atom stereocenters. The van der Waals surface area contributed by atoms with Gasteiger partial charge in [0, 0.05) is 10.8 Å². The lowest BCUT2D eigenvalue weighted by Crippen LogP contribution is -2.49. The van der Waals surface area contributed by atoms with Crippen molar-refractivity contribution in [3.05, 3.63) is 45.6 Å². The van der Waals surface area contributed by atoms with E-state index in [1.807, 2.05) is 6.08 Å². The van der Waals surface area contributed by atoms with Gasteiger partial charge in [0.15, 0.2) is 5.78 Å². The monoisotopic (exact) mass is 406 g/mol. The van der Waals surface area contributed by atoms with Gasteiger partial charge in [-0.3, -0.25) is 4.79 Å². The lowest BCUT2D eigenvalue weighted by molar-refractivity contribution is -0.110. The molecule has 0 N–H and O–H groups in total. The van der Waals surface area contributed by atoms with Gasteiger partial charge < -0.3 is 0 Å². The van der Waals surface area contributed by atoms with Crippen LogP contribution in [0.5, 0.6) is 0 Å². The number of ketones is 1. The van der Waals surface area contributed by atoms with Crippen molar-refractivity contribution in [2.24, 2.45) is 28.6 Å². The highest BCUT2D eigenvalue weighted by Gasteiger charge is 2.56. The molecule has 4 aliphatic rings. The van der Waals surface area contributed by atoms with Crippen LogP contribution in [-0.4, -0.2) is 5.78 Å². The van der Waals surface area contributed by atoms with E-state index in [0.29, 0.717) is 17.3 Å². The van der Waals surface area contributed by atoms with Gasteiger partial charge in [-0.15, -0.1) is 0 Å². The Balaban J connectivity index is 1.77. The molecule has 0 aliphatic heterocycles. The molecule has 2 fully saturated rings. The number of hydrogen-bond donors (Lipinski definition) is 0. The molecule has 4 aliphatic carbocycles. The molecule has 22 heavy (non-hydrogen) atoms. The van der Waals surface area contributed by atoms with Crippen LogP contribution in [0.3, 0.4) is 0 Å². The molecule has 1 nitrogen and oxygen atoms in total. The smallest absolute Gasteiger partial charge is 0.178 e. The third kappa shape index (κ3) is 1.79. The first-order valence-corrected chi connectivity index (χ1v) is 9.44. The number of carbonyl (C=O) groups is 1. The zero-order valence-electron chi connectivity index (χ0n) is 13.4. The van der Waals surface area contributed by atoms with Gasteiger partial charge in [-0.2, -0.15) is 0 Å². The van der Waals surface area contributed by atoms with E-state index in [4.69, 9.17) is 0 Å². The standard InChI is InChI=1S/C20H23IO/c1-12-10-14-15-4-5-18(21)20(15,3)9-7-16(14)19(2)8-6-13(22)11-17(12)19/h5-6,8,11,14-16H,1,4,7,9-10H2,2-3H3/t14-,15-,16-,19+,20-/m0/s1. The summed E-state index contributed by atoms with van der Waals surface area (Å²) in [6.45, 7) is 9.15. The number of hydrogen-bond acceptors (Lipinski definition) is 1. The number of fused-ring (bicyclic) bond motifs is 5. The van der Waals surface area contributed by atoms with Crippen molar-refractivity contribution in [3.8, 4) is 0 Å². The minimum Gasteiger partial charge on any atom is -0.290 e. The van der Waals surface area contributed by atoms with Crippen molar-refractivity contribution in [2.75, 3.05) is 0 Å². The quantitative estimate of drug-likeness (QED) is 0.493. The third-order valence-electron chi connectivity index (χ3n) is 7.02. The predicted molar refractivity (Wildman–Crippen MR) is 98.6 cm³/mol. The minimum absolute atomic E-state index is 0.0171. The second kappa shape index (κ2) is 4.68. The van der Waals surface area contributed by atoms with Crippen LogP contribution in [0.1, 0.15) is 39.5 Å². The molecule has 2 saturated carbocycles. The average Bonchev–Trinajstić information content (AvgIpc) is 2.77. The van der Waals surface area contributed by atoms with E-state index in [9.17, 15) is 4.79 Å². The Hall–Kier alpha value is -0.640. The van der Waals surface area contributed by atoms with E-state index >= 15 is 0 Å². The van der Waals surface area contributed by atoms with Gasteiger partial charge in [-0.05, 0) is 87.3 Å². The minimum atomic E-state index is 0.0171. The van der Waals surface area contributed by atoms with Gasteiger partial charge in [-0.25, -0.2) is 0 Å². The van der Waals surface area contributed by atoms with Crippen LogP contribution in [0.4, 0.5) is 0 Å². The van der Waals surface area contributed by atoms with E-state index in [1.54, 1.807) is 9.66 Å². The topological polar surface area (TPSA) is 17.1 Å². The van der Waals surface area contributed by atoms with E-state index in [2.05, 4.69) is 55.2 Å². The summed E-state index contributed by atoms with van der Waals surface area (Å²) in [7, 11) is 0. The van der Waals surface area contributed by atoms with E-state index < -0.39 is 0 Å². The Morgan fingerprint density at radius 2 is 2.09 bits per heavy atom. The molecule has 4 rings (SSSR count). The summed E-state index contributed by atoms with van der Waals surface area (Å²) in [6, 6.07) is 0. The molecule has 0 bridgehead atoms. The van der Waals surface area contributed by atoms with Crippen molar-refractivity contribution in [2.45, 2.75) is 39.5 Å². The Labute approximate surface area is 146 Å². The van der Waals surface area contributed by atoms with E-state index in [-0.39, 0.29) is 11.2 Å². The fourth-order valence-electron chi connectivity index (χ4n) is 5.72. The van der Waals surface area contributed by atoms with Gasteiger partial charge in [0.2, 0.25) is 0 Å². The molecule has 0 radical (unpaired) electrons. The number of carbonyl (C=O) groups excluding carboxylic acids is 1. The molecule has 0 aromatic rings. The highest BCUT2D eigenvalue weighted by Crippen LogP contribution is 2.66. The summed E-state index contributed by atoms with van der Waals surface area (Å²) >= 11 is 2.56. The normalized spacial score (nSPS) is 46.6. The second-order valence-electron chi connectivity index (χ2n) is 8.00. The summed E-state index contributed by atoms with van der Waals surface area (Å²) < 4.78 is 1.57. The average molecular weight is 406 g/mol. The summed E-state index contributed by atoms with van der Waals surface area (Å²) in [5.74, 6) is 2.24. The Morgan fingerprint density at radius 3 is 2.86 bits per heavy atom. The first-order valence-electron chi connectivity index (χ1n) is 8.36. The fraction of sp³-hybridized carbons (Fsp3) is 0.550. The second-order valence-corrected chi connectivity index (χ2v) is 9.17. The maximum atomic E-state index is 11.8. The molecule has 0 spiro atoms. The summed E-state index contributed by atoms with van der Waals surface area (Å²) in [6.07, 6.45) is 13.1. The largest absolute Gasteiger partial charge is 0.290 e. The van der Waals surface area contributed by atoms with Gasteiger partial charge in [-0.1, -0.05) is 38.2 Å². The molecule has 0 saturated heterocycles. The van der Waals surface area contributed by atoms with Crippen molar-refractivity contribution in [3.63, 3.8) is 0 Å². The van der Waals surface area contributed by atoms with Crippen LogP contribution in [0, 0.1) is 28.6 Å². The van der Waals surface area contributed by atoms with E-state index in [1.165, 1.54) is 30.4 Å². The lowest BCUT2D eigenvalue weighted by Gasteiger charge is -2.56. The van der Waals surface area contributed by atoms with Crippen molar-refractivity contribution in [1.29, 1.82) is 0 Å². The number of halogens is 1. The molecule has 0 unspecified atom stereocenters. The molecular weight excluding hydrogens is 383 g/mol. The number of rotatable bonds is 0. The highest BCUT2D eigenvalue weighted by molar-refractivity contribution is 14.1. The molecule has 0 heterocycles. The van der Waals surface area contributed by atoms with Crippen LogP contribution in [0.25, 0.3) is 0 Å². The summed E-state index contributed by atoms with van der Waals surface area (Å²) in [4.78, 5) is 11.8. The molecule has 0 aromatic carbocycles. The predicted octanol–water partition coefficient (Wildman–Crippen LogP) is 5.39. The first kappa shape index (κ1) is 14.9. The maximum Gasteiger partial charge on any atom is 0.178 e. The third-order valence-corrected chi connectivity index (χ3v) is 8.69. The van der Waals surface area contributed by atoms with Crippen molar-refractivity contribution in [1.82, 2.24) is 0 Å². The molecule has 116 valence electrons. The van der Waals surface area contributed by atoms with Crippen molar-refractivity contribution >= 4 is 28.4 Å². The zero-order valence-corrected chi connectivity index (χ0v) is 15.5. The van der Waals surface area contributed by atoms with Crippen LogP contribution in [0.15, 0.2) is 45.6 Å². The van der Waals surface area contributed by atoms with Crippen LogP contribution in [0.2, 0.25) is 0 Å². The molecule has 0 amide bonds. The molecule has 0 aromatic heterocycles. The van der Waals surface area contributed by atoms with Gasteiger partial charge >= 0.3 is 0 Å². The summed E-state index contributed by atoms with van der Waals surface area (Å²) in [5, 5.41) is 0. The molecule has 2 heteroatoms. The Bertz CT molecular complexity index is 667. The maximum absolute atomic E-state index is 11.8. The van der Waals surface area contributed by atoms with Gasteiger partial charge in [0.1, 0.15) is 0 Å². The van der Waals surface area contributed by atoms with Crippen LogP contribution in [-0.2, 0) is 4.79 Å². The van der Waals surface area contributed by atoms with Crippen LogP contribution < -0.4 is 0 Å². The molecular formula is C20H23IO. The number of allylic oxidation sites excluding steroid dienone is 7. The fourth-order valence-corrected chi connectivity index (χ4v) is 6.65. The first-order chi connectivity index (χ1) is 10.4. The van der Waals surface area contributed by atoms with Gasteiger partial charge in [0.05, 0.1) is 0 Å². The Morgan fingerprint density at radius 1 is 1.32 bits per heavy atom. The SMILES string of the molecule is C=C1C[C@@H]2[C@H](CC[C@]3(C)C(I)=CC[C@@H]23)[C@@]2(C)C=CC(=O)C=C12. The van der Waals surface area contributed by atoms with Gasteiger partial charge in [0.25, 0.3) is 0 Å². The van der Waals surface area contributed by atoms with E-state index in [0.717, 1.165) is 12.3 Å². The van der Waals surface area contributed by atoms with Crippen molar-refractivity contribution < 1.29 is 4.79 Å². The summed E-state index contributed by atoms with van der Waals surface area (Å²) in [5.41, 5.74) is 2.81. The Kier molecular flexibility index (Phi) is 3.18. The zero-order chi connectivity index (χ0) is 15.7. The highest BCUT2D eigenvalue weighted by atomic mass is 127.